The van der Waals surface area contributed by atoms with Gasteiger partial charge in [0, 0.05) is 12.8 Å². The van der Waals surface area contributed by atoms with Crippen LogP contribution in [0.3, 0.4) is 0 Å². The zero-order valence-electron chi connectivity index (χ0n) is 38.4. The fourth-order valence-corrected chi connectivity index (χ4v) is 7.64. The number of ether oxygens (including phenoxy) is 2. The summed E-state index contributed by atoms with van der Waals surface area (Å²) in [5.74, 6) is -0.624. The van der Waals surface area contributed by atoms with Gasteiger partial charge in [0.1, 0.15) is 6.61 Å². The predicted molar refractivity (Wildman–Crippen MR) is 247 cm³/mol. The van der Waals surface area contributed by atoms with Crippen molar-refractivity contribution in [3.63, 3.8) is 0 Å². The number of rotatable bonds is 47. The van der Waals surface area contributed by atoms with Gasteiger partial charge in [-0.25, -0.2) is 0 Å². The SMILES string of the molecule is CCCCCCCCCCCCCCCC/C=C/CC/C=C/CCCC(=O)OC[C@H](CO)OC(=O)CCCCCCCCCCCCCCCCCCCCCC. The van der Waals surface area contributed by atoms with E-state index < -0.39 is 6.10 Å². The molecule has 0 radical (unpaired) electrons. The van der Waals surface area contributed by atoms with Crippen molar-refractivity contribution in [2.24, 2.45) is 0 Å². The van der Waals surface area contributed by atoms with Crippen molar-refractivity contribution in [3.8, 4) is 0 Å². The van der Waals surface area contributed by atoms with Crippen LogP contribution in [0.5, 0.6) is 0 Å². The molecule has 1 N–H and O–H groups in total. The number of aliphatic hydroxyl groups excluding tert-OH is 1. The highest BCUT2D eigenvalue weighted by atomic mass is 16.6. The molecule has 0 unspecified atom stereocenters. The first kappa shape index (κ1) is 55.4. The molecule has 0 aromatic carbocycles. The van der Waals surface area contributed by atoms with Crippen molar-refractivity contribution in [2.45, 2.75) is 283 Å². The maximum absolute atomic E-state index is 12.2. The summed E-state index contributed by atoms with van der Waals surface area (Å²) in [4.78, 5) is 24.4. The Morgan fingerprint density at radius 2 is 0.684 bits per heavy atom. The van der Waals surface area contributed by atoms with Crippen molar-refractivity contribution >= 4 is 11.9 Å². The molecule has 0 saturated carbocycles. The third-order valence-corrected chi connectivity index (χ3v) is 11.5. The smallest absolute Gasteiger partial charge is 0.306 e. The normalized spacial score (nSPS) is 12.3. The first-order valence-electron chi connectivity index (χ1n) is 25.4. The maximum atomic E-state index is 12.2. The third-order valence-electron chi connectivity index (χ3n) is 11.5. The largest absolute Gasteiger partial charge is 0.462 e. The third kappa shape index (κ3) is 46.9. The van der Waals surface area contributed by atoms with E-state index in [0.717, 1.165) is 44.9 Å². The lowest BCUT2D eigenvalue weighted by Crippen LogP contribution is -2.28. The summed E-state index contributed by atoms with van der Waals surface area (Å²) in [6.07, 6.45) is 60.0. The van der Waals surface area contributed by atoms with E-state index >= 15 is 0 Å². The molecule has 0 aromatic rings. The Hall–Kier alpha value is -1.62. The Balaban J connectivity index is 3.51. The number of carbonyl (C=O) groups excluding carboxylic acids is 2. The minimum atomic E-state index is -0.783. The molecule has 0 amide bonds. The lowest BCUT2D eigenvalue weighted by Gasteiger charge is -2.15. The Morgan fingerprint density at radius 1 is 0.386 bits per heavy atom. The second kappa shape index (κ2) is 48.7. The molecule has 336 valence electrons. The zero-order valence-corrected chi connectivity index (χ0v) is 38.4. The molecule has 0 heterocycles. The maximum Gasteiger partial charge on any atom is 0.306 e. The lowest BCUT2D eigenvalue weighted by molar-refractivity contribution is -0.161. The first-order valence-corrected chi connectivity index (χ1v) is 25.4. The van der Waals surface area contributed by atoms with E-state index in [2.05, 4.69) is 38.2 Å². The Bertz CT molecular complexity index is 867. The molecule has 0 aliphatic rings. The number of hydrogen-bond acceptors (Lipinski definition) is 5. The van der Waals surface area contributed by atoms with Crippen LogP contribution in [0.15, 0.2) is 24.3 Å². The fourth-order valence-electron chi connectivity index (χ4n) is 7.64. The quantitative estimate of drug-likeness (QED) is 0.0377. The van der Waals surface area contributed by atoms with Crippen LogP contribution < -0.4 is 0 Å². The van der Waals surface area contributed by atoms with Crippen LogP contribution in [-0.2, 0) is 19.1 Å². The van der Waals surface area contributed by atoms with Gasteiger partial charge in [-0.3, -0.25) is 9.59 Å². The monoisotopic (exact) mass is 803 g/mol. The van der Waals surface area contributed by atoms with E-state index in [1.165, 1.54) is 205 Å². The van der Waals surface area contributed by atoms with Gasteiger partial charge in [-0.15, -0.1) is 0 Å². The Morgan fingerprint density at radius 3 is 1.05 bits per heavy atom. The molecule has 5 nitrogen and oxygen atoms in total. The van der Waals surface area contributed by atoms with Gasteiger partial charge < -0.3 is 14.6 Å². The van der Waals surface area contributed by atoms with Gasteiger partial charge in [0.2, 0.25) is 0 Å². The van der Waals surface area contributed by atoms with Gasteiger partial charge in [0.15, 0.2) is 6.10 Å². The van der Waals surface area contributed by atoms with Crippen molar-refractivity contribution in [2.75, 3.05) is 13.2 Å². The van der Waals surface area contributed by atoms with Crippen LogP contribution >= 0.6 is 0 Å². The highest BCUT2D eigenvalue weighted by Crippen LogP contribution is 2.16. The topological polar surface area (TPSA) is 72.8 Å². The Labute approximate surface area is 355 Å². The highest BCUT2D eigenvalue weighted by molar-refractivity contribution is 5.70. The molecule has 5 heteroatoms. The van der Waals surface area contributed by atoms with Crippen LogP contribution in [0.4, 0.5) is 0 Å². The fraction of sp³-hybridized carbons (Fsp3) is 0.885. The second-order valence-electron chi connectivity index (χ2n) is 17.2. The summed E-state index contributed by atoms with van der Waals surface area (Å²) < 4.78 is 10.6. The molecule has 0 fully saturated rings. The molecule has 1 atom stereocenters. The van der Waals surface area contributed by atoms with Gasteiger partial charge >= 0.3 is 11.9 Å². The van der Waals surface area contributed by atoms with Crippen molar-refractivity contribution < 1.29 is 24.2 Å². The molecule has 0 aliphatic carbocycles. The van der Waals surface area contributed by atoms with Crippen molar-refractivity contribution in [3.05, 3.63) is 24.3 Å². The number of esters is 2. The summed E-state index contributed by atoms with van der Waals surface area (Å²) in [7, 11) is 0. The van der Waals surface area contributed by atoms with E-state index in [4.69, 9.17) is 9.47 Å². The van der Waals surface area contributed by atoms with Crippen LogP contribution in [-0.4, -0.2) is 36.4 Å². The molecule has 0 saturated heterocycles. The lowest BCUT2D eigenvalue weighted by atomic mass is 10.0. The number of allylic oxidation sites excluding steroid dienone is 4. The second-order valence-corrected chi connectivity index (χ2v) is 17.2. The number of unbranched alkanes of at least 4 members (excludes halogenated alkanes) is 35. The van der Waals surface area contributed by atoms with Gasteiger partial charge in [0.05, 0.1) is 6.61 Å². The molecule has 0 aliphatic heterocycles. The van der Waals surface area contributed by atoms with Crippen LogP contribution in [0, 0.1) is 0 Å². The van der Waals surface area contributed by atoms with Gasteiger partial charge in [-0.1, -0.05) is 244 Å². The molecule has 0 rings (SSSR count). The van der Waals surface area contributed by atoms with E-state index in [0.29, 0.717) is 12.8 Å². The van der Waals surface area contributed by atoms with E-state index in [1.807, 2.05) is 0 Å². The van der Waals surface area contributed by atoms with Crippen LogP contribution in [0.25, 0.3) is 0 Å². The standard InChI is InChI=1S/C52H98O5/c1-3-5-7-9-11-13-15-17-19-21-23-25-26-27-29-30-32-34-36-38-40-42-44-46-51(54)56-49-50(48-53)57-52(55)47-45-43-41-39-37-35-33-31-28-24-22-20-18-16-14-12-10-8-6-4-2/h30,32,38,40,50,53H,3-29,31,33-37,39,41-49H2,1-2H3/b32-30+,40-38+/t50-/m0/s1. The van der Waals surface area contributed by atoms with E-state index in [9.17, 15) is 14.7 Å². The van der Waals surface area contributed by atoms with Crippen molar-refractivity contribution in [1.29, 1.82) is 0 Å². The number of hydrogen-bond donors (Lipinski definition) is 1. The van der Waals surface area contributed by atoms with E-state index in [-0.39, 0.29) is 25.2 Å². The van der Waals surface area contributed by atoms with Crippen LogP contribution in [0.2, 0.25) is 0 Å². The number of carbonyl (C=O) groups is 2. The molecule has 0 spiro atoms. The predicted octanol–water partition coefficient (Wildman–Crippen LogP) is 16.6. The van der Waals surface area contributed by atoms with Crippen LogP contribution in [0.1, 0.15) is 277 Å². The average molecular weight is 803 g/mol. The summed E-state index contributed by atoms with van der Waals surface area (Å²) >= 11 is 0. The van der Waals surface area contributed by atoms with E-state index in [1.54, 1.807) is 0 Å². The minimum absolute atomic E-state index is 0.0815. The number of aliphatic hydroxyl groups is 1. The summed E-state index contributed by atoms with van der Waals surface area (Å²) in [5.41, 5.74) is 0. The van der Waals surface area contributed by atoms with Gasteiger partial charge in [0.25, 0.3) is 0 Å². The molecule has 0 bridgehead atoms. The first-order chi connectivity index (χ1) is 28.1. The summed E-state index contributed by atoms with van der Waals surface area (Å²) in [6, 6.07) is 0. The Kier molecular flexibility index (Phi) is 47.4. The molecular formula is C52H98O5. The van der Waals surface area contributed by atoms with Gasteiger partial charge in [-0.2, -0.15) is 0 Å². The molecule has 0 aromatic heterocycles. The van der Waals surface area contributed by atoms with Crippen molar-refractivity contribution in [1.82, 2.24) is 0 Å². The average Bonchev–Trinajstić information content (AvgIpc) is 3.21. The highest BCUT2D eigenvalue weighted by Gasteiger charge is 2.16. The molecular weight excluding hydrogens is 705 g/mol. The molecule has 57 heavy (non-hydrogen) atoms. The van der Waals surface area contributed by atoms with Gasteiger partial charge in [-0.05, 0) is 44.9 Å². The summed E-state index contributed by atoms with van der Waals surface area (Å²) in [6.45, 7) is 4.15. The zero-order chi connectivity index (χ0) is 41.4. The summed E-state index contributed by atoms with van der Waals surface area (Å²) in [5, 5.41) is 9.61. The minimum Gasteiger partial charge on any atom is -0.462 e.